The molecule has 2 nitrogen and oxygen atoms in total. The smallest absolute Gasteiger partial charge is 0.0504 e. The molecule has 3 saturated carbocycles. The number of fused-ring (bicyclic) bond motifs is 4. The summed E-state index contributed by atoms with van der Waals surface area (Å²) in [5.74, 6) is 3.58. The van der Waals surface area contributed by atoms with E-state index in [1.54, 1.807) is 5.57 Å². The summed E-state index contributed by atoms with van der Waals surface area (Å²) in [6.45, 7) is 4.93. The van der Waals surface area contributed by atoms with Crippen molar-refractivity contribution in [1.82, 2.24) is 0 Å². The third-order valence-corrected chi connectivity index (χ3v) is 8.93. The normalized spacial score (nSPS) is 57.3. The molecule has 23 heavy (non-hydrogen) atoms. The second-order valence-electron chi connectivity index (χ2n) is 9.62. The highest BCUT2D eigenvalue weighted by Gasteiger charge is 2.61. The minimum Gasteiger partial charge on any atom is -0.327 e. The molecular weight excluding hydrogens is 280 g/mol. The SMILES string of the molecule is CC1N=CC23CCC4C(CC=C5C[C@@H](N)CCC54C)C2CCC13. The maximum atomic E-state index is 6.28. The molecule has 0 aromatic heterocycles. The Bertz CT molecular complexity index is 578. The summed E-state index contributed by atoms with van der Waals surface area (Å²) in [4.78, 5) is 4.89. The van der Waals surface area contributed by atoms with Crippen LogP contribution in [0, 0.1) is 34.5 Å². The van der Waals surface area contributed by atoms with Gasteiger partial charge < -0.3 is 5.73 Å². The first-order chi connectivity index (χ1) is 11.0. The molecule has 3 fully saturated rings. The summed E-state index contributed by atoms with van der Waals surface area (Å²) in [6.07, 6.45) is 15.8. The average molecular weight is 313 g/mol. The lowest BCUT2D eigenvalue weighted by molar-refractivity contribution is -0.0148. The lowest BCUT2D eigenvalue weighted by atomic mass is 9.47. The van der Waals surface area contributed by atoms with Crippen molar-refractivity contribution in [3.8, 4) is 0 Å². The molecular formula is C21H32N2. The van der Waals surface area contributed by atoms with Gasteiger partial charge in [0.1, 0.15) is 0 Å². The van der Waals surface area contributed by atoms with E-state index < -0.39 is 0 Å². The molecule has 0 amide bonds. The van der Waals surface area contributed by atoms with E-state index in [-0.39, 0.29) is 0 Å². The van der Waals surface area contributed by atoms with Crippen molar-refractivity contribution < 1.29 is 0 Å². The molecule has 0 radical (unpaired) electrons. The van der Waals surface area contributed by atoms with Crippen molar-refractivity contribution in [2.75, 3.05) is 0 Å². The van der Waals surface area contributed by atoms with Crippen LogP contribution in [0.25, 0.3) is 0 Å². The topological polar surface area (TPSA) is 38.4 Å². The molecule has 2 N–H and O–H groups in total. The fourth-order valence-electron chi connectivity index (χ4n) is 7.76. The van der Waals surface area contributed by atoms with Gasteiger partial charge in [-0.25, -0.2) is 0 Å². The third-order valence-electron chi connectivity index (χ3n) is 8.93. The molecule has 4 aliphatic carbocycles. The molecule has 1 heterocycles. The Hall–Kier alpha value is -0.630. The first-order valence-corrected chi connectivity index (χ1v) is 10.0. The van der Waals surface area contributed by atoms with Gasteiger partial charge in [-0.3, -0.25) is 4.99 Å². The van der Waals surface area contributed by atoms with E-state index in [1.807, 2.05) is 0 Å². The first-order valence-electron chi connectivity index (χ1n) is 10.0. The summed E-state index contributed by atoms with van der Waals surface area (Å²) in [5, 5.41) is 0. The van der Waals surface area contributed by atoms with Crippen LogP contribution in [0.5, 0.6) is 0 Å². The number of nitrogens with zero attached hydrogens (tertiary/aromatic N) is 1. The Labute approximate surface area is 141 Å². The highest BCUT2D eigenvalue weighted by atomic mass is 14.9. The quantitative estimate of drug-likeness (QED) is 0.664. The van der Waals surface area contributed by atoms with Crippen LogP contribution in [0.1, 0.15) is 65.2 Å². The number of hydrogen-bond acceptors (Lipinski definition) is 2. The molecule has 0 aromatic carbocycles. The molecule has 5 rings (SSSR count). The number of hydrogen-bond donors (Lipinski definition) is 1. The standard InChI is InChI=1S/C21H32N2/c1-13-17-5-6-19-16-4-3-14-11-15(22)7-9-20(14,2)18(16)8-10-21(17,19)12-23-13/h3,12-13,15-19H,4-11,22H2,1-2H3/t13?,15-,16?,17?,18?,19?,20?,21?/m0/s1. The molecule has 126 valence electrons. The Balaban J connectivity index is 1.51. The Morgan fingerprint density at radius 1 is 1.09 bits per heavy atom. The predicted octanol–water partition coefficient (Wildman–Crippen LogP) is 4.35. The highest BCUT2D eigenvalue weighted by molar-refractivity contribution is 5.71. The van der Waals surface area contributed by atoms with E-state index in [0.29, 0.717) is 22.9 Å². The van der Waals surface area contributed by atoms with Gasteiger partial charge in [0.05, 0.1) is 6.04 Å². The van der Waals surface area contributed by atoms with Gasteiger partial charge in [-0.2, -0.15) is 0 Å². The molecule has 0 saturated heterocycles. The highest BCUT2D eigenvalue weighted by Crippen LogP contribution is 2.67. The van der Waals surface area contributed by atoms with Crippen LogP contribution in [-0.4, -0.2) is 18.3 Å². The zero-order valence-corrected chi connectivity index (χ0v) is 14.8. The van der Waals surface area contributed by atoms with Gasteiger partial charge in [-0.15, -0.1) is 0 Å². The average Bonchev–Trinajstić information content (AvgIpc) is 3.06. The zero-order chi connectivity index (χ0) is 15.8. The van der Waals surface area contributed by atoms with Crippen molar-refractivity contribution in [3.63, 3.8) is 0 Å². The van der Waals surface area contributed by atoms with Gasteiger partial charge in [0.25, 0.3) is 0 Å². The van der Waals surface area contributed by atoms with Crippen LogP contribution < -0.4 is 5.73 Å². The van der Waals surface area contributed by atoms with Crippen molar-refractivity contribution >= 4 is 6.21 Å². The van der Waals surface area contributed by atoms with Gasteiger partial charge in [0.15, 0.2) is 0 Å². The molecule has 0 aromatic rings. The van der Waals surface area contributed by atoms with E-state index in [2.05, 4.69) is 26.1 Å². The summed E-state index contributed by atoms with van der Waals surface area (Å²) in [5.41, 5.74) is 8.94. The molecule has 0 bridgehead atoms. The van der Waals surface area contributed by atoms with Crippen LogP contribution in [0.3, 0.4) is 0 Å². The molecule has 2 heteroatoms. The number of rotatable bonds is 0. The molecule has 8 atom stereocenters. The first kappa shape index (κ1) is 14.7. The van der Waals surface area contributed by atoms with Crippen LogP contribution in [0.15, 0.2) is 16.6 Å². The van der Waals surface area contributed by atoms with Crippen molar-refractivity contribution in [3.05, 3.63) is 11.6 Å². The number of aliphatic imine (C=N–C) groups is 1. The minimum atomic E-state index is 0.416. The van der Waals surface area contributed by atoms with Gasteiger partial charge in [0, 0.05) is 17.7 Å². The van der Waals surface area contributed by atoms with Crippen molar-refractivity contribution in [1.29, 1.82) is 0 Å². The van der Waals surface area contributed by atoms with Gasteiger partial charge in [0.2, 0.25) is 0 Å². The lowest BCUT2D eigenvalue weighted by Crippen LogP contribution is -2.51. The maximum Gasteiger partial charge on any atom is 0.0504 e. The Morgan fingerprint density at radius 3 is 2.78 bits per heavy atom. The van der Waals surface area contributed by atoms with E-state index in [0.717, 1.165) is 30.1 Å². The summed E-state index contributed by atoms with van der Waals surface area (Å²) in [6, 6.07) is 0.994. The van der Waals surface area contributed by atoms with Crippen molar-refractivity contribution in [2.24, 2.45) is 45.2 Å². The van der Waals surface area contributed by atoms with Crippen LogP contribution in [0.2, 0.25) is 0 Å². The third kappa shape index (κ3) is 1.77. The predicted molar refractivity (Wildman–Crippen MR) is 95.4 cm³/mol. The van der Waals surface area contributed by atoms with E-state index >= 15 is 0 Å². The van der Waals surface area contributed by atoms with E-state index in [4.69, 9.17) is 10.7 Å². The molecule has 1 spiro atoms. The second kappa shape index (κ2) is 4.71. The van der Waals surface area contributed by atoms with Crippen LogP contribution in [-0.2, 0) is 0 Å². The lowest BCUT2D eigenvalue weighted by Gasteiger charge is -2.57. The van der Waals surface area contributed by atoms with Gasteiger partial charge in [-0.05, 0) is 87.4 Å². The summed E-state index contributed by atoms with van der Waals surface area (Å²) in [7, 11) is 0. The second-order valence-corrected chi connectivity index (χ2v) is 9.62. The monoisotopic (exact) mass is 312 g/mol. The fourth-order valence-corrected chi connectivity index (χ4v) is 7.76. The summed E-state index contributed by atoms with van der Waals surface area (Å²) < 4.78 is 0. The van der Waals surface area contributed by atoms with Crippen molar-refractivity contribution in [2.45, 2.75) is 77.3 Å². The fraction of sp³-hybridized carbons (Fsp3) is 0.857. The van der Waals surface area contributed by atoms with Gasteiger partial charge in [-0.1, -0.05) is 18.6 Å². The Morgan fingerprint density at radius 2 is 1.91 bits per heavy atom. The number of nitrogens with two attached hydrogens (primary N) is 1. The molecule has 5 aliphatic rings. The molecule has 7 unspecified atom stereocenters. The van der Waals surface area contributed by atoms with Crippen LogP contribution in [0.4, 0.5) is 0 Å². The zero-order valence-electron chi connectivity index (χ0n) is 14.8. The largest absolute Gasteiger partial charge is 0.327 e. The number of allylic oxidation sites excluding steroid dienone is 1. The van der Waals surface area contributed by atoms with Crippen LogP contribution >= 0.6 is 0 Å². The Kier molecular flexibility index (Phi) is 3.01. The molecule has 1 aliphatic heterocycles. The minimum absolute atomic E-state index is 0.416. The van der Waals surface area contributed by atoms with Gasteiger partial charge >= 0.3 is 0 Å². The van der Waals surface area contributed by atoms with E-state index in [9.17, 15) is 0 Å². The maximum absolute atomic E-state index is 6.28. The van der Waals surface area contributed by atoms with E-state index in [1.165, 1.54) is 44.9 Å². The summed E-state index contributed by atoms with van der Waals surface area (Å²) >= 11 is 0.